The number of nitrogens with one attached hydrogen (secondary N) is 1. The zero-order chi connectivity index (χ0) is 15.5. The minimum atomic E-state index is -3.68. The average molecular weight is 311 g/mol. The van der Waals surface area contributed by atoms with Gasteiger partial charge in [0.15, 0.2) is 0 Å². The summed E-state index contributed by atoms with van der Waals surface area (Å²) in [5.41, 5.74) is -0.144. The normalized spacial score (nSPS) is 13.4. The lowest BCUT2D eigenvalue weighted by Crippen LogP contribution is -2.35. The molecule has 1 atom stereocenters. The molecule has 1 heterocycles. The van der Waals surface area contributed by atoms with Crippen molar-refractivity contribution < 1.29 is 17.9 Å². The van der Waals surface area contributed by atoms with E-state index in [1.54, 1.807) is 0 Å². The zero-order valence-corrected chi connectivity index (χ0v) is 12.4. The lowest BCUT2D eigenvalue weighted by molar-refractivity contribution is 0.270. The molecule has 7 heteroatoms. The summed E-state index contributed by atoms with van der Waals surface area (Å²) < 4.78 is 32.1. The predicted molar refractivity (Wildman–Crippen MR) is 78.6 cm³/mol. The summed E-state index contributed by atoms with van der Waals surface area (Å²) >= 11 is 0. The quantitative estimate of drug-likeness (QED) is 0.782. The average Bonchev–Trinajstić information content (AvgIpc) is 2.45. The van der Waals surface area contributed by atoms with Crippen LogP contribution in [0.3, 0.4) is 0 Å². The number of fused-ring (bicyclic) bond motifs is 1. The van der Waals surface area contributed by atoms with E-state index in [9.17, 15) is 13.2 Å². The van der Waals surface area contributed by atoms with Crippen LogP contribution in [0, 0.1) is 0 Å². The Hall–Kier alpha value is -1.70. The molecule has 0 saturated carbocycles. The number of rotatable bonds is 6. The maximum absolute atomic E-state index is 12.3. The predicted octanol–water partition coefficient (Wildman–Crippen LogP) is 1.23. The first-order valence-electron chi connectivity index (χ1n) is 6.63. The summed E-state index contributed by atoms with van der Waals surface area (Å²) in [5.74, 6) is 0. The van der Waals surface area contributed by atoms with Crippen LogP contribution in [0.5, 0.6) is 0 Å². The van der Waals surface area contributed by atoms with Gasteiger partial charge in [0, 0.05) is 24.1 Å². The maximum Gasteiger partial charge on any atom is 0.336 e. The Labute approximate surface area is 122 Å². The lowest BCUT2D eigenvalue weighted by Gasteiger charge is -2.16. The Balaban J connectivity index is 2.35. The van der Waals surface area contributed by atoms with E-state index in [1.807, 2.05) is 6.92 Å². The van der Waals surface area contributed by atoms with Crippen molar-refractivity contribution in [2.75, 3.05) is 6.61 Å². The summed E-state index contributed by atoms with van der Waals surface area (Å²) in [5, 5.41) is 9.46. The number of aliphatic hydroxyl groups is 1. The summed E-state index contributed by atoms with van der Waals surface area (Å²) in [6.45, 7) is 1.77. The van der Waals surface area contributed by atoms with Crippen molar-refractivity contribution in [3.8, 4) is 0 Å². The highest BCUT2D eigenvalue weighted by atomic mass is 32.2. The molecule has 2 aromatic rings. The molecular formula is C14H17NO5S. The third-order valence-electron chi connectivity index (χ3n) is 3.19. The van der Waals surface area contributed by atoms with Crippen molar-refractivity contribution in [1.82, 2.24) is 4.72 Å². The molecule has 1 aromatic heterocycles. The second-order valence-corrected chi connectivity index (χ2v) is 6.41. The Kier molecular flexibility index (Phi) is 4.76. The fourth-order valence-electron chi connectivity index (χ4n) is 2.01. The van der Waals surface area contributed by atoms with Gasteiger partial charge in [0.1, 0.15) is 5.58 Å². The highest BCUT2D eigenvalue weighted by Crippen LogP contribution is 2.18. The Bertz CT molecular complexity index is 781. The molecule has 0 fully saturated rings. The van der Waals surface area contributed by atoms with E-state index in [-0.39, 0.29) is 17.5 Å². The van der Waals surface area contributed by atoms with E-state index in [0.717, 1.165) is 0 Å². The smallest absolute Gasteiger partial charge is 0.336 e. The first-order chi connectivity index (χ1) is 9.96. The van der Waals surface area contributed by atoms with E-state index in [1.165, 1.54) is 30.3 Å². The molecule has 0 aliphatic heterocycles. The van der Waals surface area contributed by atoms with Gasteiger partial charge in [-0.15, -0.1) is 0 Å². The molecule has 0 aliphatic carbocycles. The monoisotopic (exact) mass is 311 g/mol. The molecule has 114 valence electrons. The van der Waals surface area contributed by atoms with Gasteiger partial charge in [0.05, 0.1) is 4.90 Å². The molecular weight excluding hydrogens is 294 g/mol. The Morgan fingerprint density at radius 3 is 2.71 bits per heavy atom. The second kappa shape index (κ2) is 6.38. The lowest BCUT2D eigenvalue weighted by atomic mass is 10.2. The molecule has 2 N–H and O–H groups in total. The van der Waals surface area contributed by atoms with E-state index in [4.69, 9.17) is 9.52 Å². The van der Waals surface area contributed by atoms with E-state index >= 15 is 0 Å². The largest absolute Gasteiger partial charge is 0.423 e. The summed E-state index contributed by atoms with van der Waals surface area (Å²) in [6, 6.07) is 6.74. The van der Waals surface area contributed by atoms with Gasteiger partial charge in [-0.3, -0.25) is 0 Å². The van der Waals surface area contributed by atoms with Gasteiger partial charge in [-0.2, -0.15) is 0 Å². The number of benzene rings is 1. The first-order valence-corrected chi connectivity index (χ1v) is 8.11. The van der Waals surface area contributed by atoms with Crippen LogP contribution in [0.25, 0.3) is 11.0 Å². The Morgan fingerprint density at radius 2 is 2.05 bits per heavy atom. The van der Waals surface area contributed by atoms with Gasteiger partial charge < -0.3 is 9.52 Å². The summed E-state index contributed by atoms with van der Waals surface area (Å²) in [7, 11) is -3.68. The van der Waals surface area contributed by atoms with Crippen molar-refractivity contribution in [3.05, 3.63) is 40.8 Å². The third-order valence-corrected chi connectivity index (χ3v) is 4.71. The van der Waals surface area contributed by atoms with Gasteiger partial charge in [0.25, 0.3) is 0 Å². The standard InChI is InChI=1S/C14H17NO5S/c1-2-11(7-8-16)15-21(18,19)12-4-5-13-10(9-12)3-6-14(17)20-13/h3-6,9,11,15-16H,2,7-8H2,1H3. The molecule has 0 spiro atoms. The molecule has 0 saturated heterocycles. The van der Waals surface area contributed by atoms with Gasteiger partial charge >= 0.3 is 5.63 Å². The van der Waals surface area contributed by atoms with Crippen molar-refractivity contribution >= 4 is 21.0 Å². The third kappa shape index (κ3) is 3.69. The molecule has 1 aromatic carbocycles. The fourth-order valence-corrected chi connectivity index (χ4v) is 3.40. The Morgan fingerprint density at radius 1 is 1.29 bits per heavy atom. The van der Waals surface area contributed by atoms with Crippen molar-refractivity contribution in [3.63, 3.8) is 0 Å². The zero-order valence-electron chi connectivity index (χ0n) is 11.6. The molecule has 21 heavy (non-hydrogen) atoms. The van der Waals surface area contributed by atoms with Crippen LogP contribution in [-0.2, 0) is 10.0 Å². The van der Waals surface area contributed by atoms with E-state index in [2.05, 4.69) is 4.72 Å². The summed E-state index contributed by atoms with van der Waals surface area (Å²) in [4.78, 5) is 11.2. The number of aliphatic hydroxyl groups excluding tert-OH is 1. The maximum atomic E-state index is 12.3. The van der Waals surface area contributed by atoms with Crippen LogP contribution in [0.1, 0.15) is 19.8 Å². The van der Waals surface area contributed by atoms with Crippen molar-refractivity contribution in [1.29, 1.82) is 0 Å². The molecule has 6 nitrogen and oxygen atoms in total. The first kappa shape index (κ1) is 15.7. The number of hydrogen-bond acceptors (Lipinski definition) is 5. The molecule has 2 rings (SSSR count). The van der Waals surface area contributed by atoms with Gasteiger partial charge in [0.2, 0.25) is 10.0 Å². The molecule has 0 amide bonds. The van der Waals surface area contributed by atoms with Crippen LogP contribution in [0.4, 0.5) is 0 Å². The second-order valence-electron chi connectivity index (χ2n) is 4.69. The SMILES string of the molecule is CCC(CCO)NS(=O)(=O)c1ccc2oc(=O)ccc2c1. The van der Waals surface area contributed by atoms with E-state index < -0.39 is 15.6 Å². The van der Waals surface area contributed by atoms with Crippen LogP contribution in [-0.4, -0.2) is 26.2 Å². The number of sulfonamides is 1. The van der Waals surface area contributed by atoms with E-state index in [0.29, 0.717) is 23.8 Å². The number of hydrogen-bond donors (Lipinski definition) is 2. The van der Waals surface area contributed by atoms with Crippen LogP contribution in [0.15, 0.2) is 44.4 Å². The molecule has 0 bridgehead atoms. The highest BCUT2D eigenvalue weighted by molar-refractivity contribution is 7.89. The topological polar surface area (TPSA) is 96.6 Å². The molecule has 1 unspecified atom stereocenters. The fraction of sp³-hybridized carbons (Fsp3) is 0.357. The van der Waals surface area contributed by atoms with Gasteiger partial charge in [-0.05, 0) is 37.1 Å². The van der Waals surface area contributed by atoms with Crippen LogP contribution < -0.4 is 10.3 Å². The van der Waals surface area contributed by atoms with Crippen LogP contribution in [0.2, 0.25) is 0 Å². The van der Waals surface area contributed by atoms with Crippen molar-refractivity contribution in [2.24, 2.45) is 0 Å². The molecule has 0 aliphatic rings. The van der Waals surface area contributed by atoms with Crippen molar-refractivity contribution in [2.45, 2.75) is 30.7 Å². The van der Waals surface area contributed by atoms with Gasteiger partial charge in [-0.1, -0.05) is 6.92 Å². The highest BCUT2D eigenvalue weighted by Gasteiger charge is 2.19. The minimum Gasteiger partial charge on any atom is -0.423 e. The van der Waals surface area contributed by atoms with Gasteiger partial charge in [-0.25, -0.2) is 17.9 Å². The summed E-state index contributed by atoms with van der Waals surface area (Å²) in [6.07, 6.45) is 0.945. The minimum absolute atomic E-state index is 0.0795. The van der Waals surface area contributed by atoms with Crippen LogP contribution >= 0.6 is 0 Å². The molecule has 0 radical (unpaired) electrons.